The van der Waals surface area contributed by atoms with Crippen molar-refractivity contribution in [2.75, 3.05) is 0 Å². The summed E-state index contributed by atoms with van der Waals surface area (Å²) in [6.07, 6.45) is 4.55. The van der Waals surface area contributed by atoms with Gasteiger partial charge in [-0.3, -0.25) is 0 Å². The summed E-state index contributed by atoms with van der Waals surface area (Å²) in [5, 5.41) is 33.9. The van der Waals surface area contributed by atoms with E-state index in [0.29, 0.717) is 17.5 Å². The number of para-hydroxylation sites is 2. The van der Waals surface area contributed by atoms with E-state index in [-0.39, 0.29) is 5.92 Å². The molecule has 0 N–H and O–H groups in total. The summed E-state index contributed by atoms with van der Waals surface area (Å²) in [5.41, 5.74) is 11.6. The van der Waals surface area contributed by atoms with Crippen LogP contribution in [0.3, 0.4) is 0 Å². The highest BCUT2D eigenvalue weighted by molar-refractivity contribution is 6.13. The lowest BCUT2D eigenvalue weighted by molar-refractivity contribution is 0.825. The molecule has 0 saturated carbocycles. The zero-order chi connectivity index (χ0) is 33.8. The van der Waals surface area contributed by atoms with Crippen LogP contribution in [0.15, 0.2) is 146 Å². The lowest BCUT2D eigenvalue weighted by Gasteiger charge is -2.22. The normalized spacial score (nSPS) is 14.3. The van der Waals surface area contributed by atoms with Crippen LogP contribution in [-0.2, 0) is 0 Å². The molecule has 232 valence electrons. The molecule has 0 aliphatic heterocycles. The average molecular weight is 638 g/mol. The van der Waals surface area contributed by atoms with Gasteiger partial charge in [-0.2, -0.15) is 15.8 Å². The maximum absolute atomic E-state index is 10.0. The van der Waals surface area contributed by atoms with E-state index in [1.807, 2.05) is 42.5 Å². The average Bonchev–Trinajstić information content (AvgIpc) is 3.69. The molecule has 8 aromatic rings. The molecule has 1 aliphatic carbocycles. The number of hydrogen-bond donors (Lipinski definition) is 0. The molecule has 1 atom stereocenters. The highest BCUT2D eigenvalue weighted by atomic mass is 15.0. The van der Waals surface area contributed by atoms with Crippen molar-refractivity contribution in [1.82, 2.24) is 9.13 Å². The topological polar surface area (TPSA) is 81.2 Å². The van der Waals surface area contributed by atoms with Crippen LogP contribution in [0, 0.1) is 39.9 Å². The van der Waals surface area contributed by atoms with Crippen LogP contribution >= 0.6 is 0 Å². The minimum absolute atomic E-state index is 0.296. The van der Waals surface area contributed by atoms with Crippen molar-refractivity contribution in [2.24, 2.45) is 5.92 Å². The van der Waals surface area contributed by atoms with Crippen LogP contribution in [0.5, 0.6) is 0 Å². The van der Waals surface area contributed by atoms with Crippen molar-refractivity contribution in [3.8, 4) is 35.0 Å². The van der Waals surface area contributed by atoms with Crippen molar-refractivity contribution in [1.29, 1.82) is 15.8 Å². The Bertz CT molecular complexity index is 2820. The summed E-state index contributed by atoms with van der Waals surface area (Å²) in [5.74, 6) is -0.296. The smallest absolute Gasteiger partial charge is 0.0992 e. The Morgan fingerprint density at radius 1 is 0.500 bits per heavy atom. The van der Waals surface area contributed by atoms with Crippen LogP contribution in [-0.4, -0.2) is 9.13 Å². The van der Waals surface area contributed by atoms with Crippen molar-refractivity contribution in [3.05, 3.63) is 162 Å². The van der Waals surface area contributed by atoms with Gasteiger partial charge < -0.3 is 9.13 Å². The van der Waals surface area contributed by atoms with Gasteiger partial charge in [0, 0.05) is 44.9 Å². The fraction of sp³-hybridized carbons (Fsp3) is 0.0444. The van der Waals surface area contributed by atoms with Crippen molar-refractivity contribution in [2.45, 2.75) is 6.42 Å². The molecule has 0 bridgehead atoms. The van der Waals surface area contributed by atoms with E-state index in [1.54, 1.807) is 0 Å². The Morgan fingerprint density at radius 2 is 1.14 bits per heavy atom. The number of fused-ring (bicyclic) bond motifs is 6. The highest BCUT2D eigenvalue weighted by Crippen LogP contribution is 2.41. The second-order valence-corrected chi connectivity index (χ2v) is 12.7. The van der Waals surface area contributed by atoms with Gasteiger partial charge in [-0.05, 0) is 77.4 Å². The molecule has 5 heteroatoms. The van der Waals surface area contributed by atoms with E-state index in [2.05, 4.69) is 130 Å². The molecule has 6 aromatic carbocycles. The van der Waals surface area contributed by atoms with Gasteiger partial charge in [0.15, 0.2) is 0 Å². The van der Waals surface area contributed by atoms with Gasteiger partial charge in [-0.1, -0.05) is 84.9 Å². The first-order valence-electron chi connectivity index (χ1n) is 16.5. The zero-order valence-electron chi connectivity index (χ0n) is 26.9. The van der Waals surface area contributed by atoms with Crippen molar-refractivity contribution >= 4 is 54.9 Å². The molecule has 9 rings (SSSR count). The first-order valence-corrected chi connectivity index (χ1v) is 16.5. The summed E-state index contributed by atoms with van der Waals surface area (Å²) >= 11 is 0. The van der Waals surface area contributed by atoms with Crippen LogP contribution in [0.1, 0.15) is 23.1 Å². The molecular weight excluding hydrogens is 611 g/mol. The summed E-state index contributed by atoms with van der Waals surface area (Å²) in [4.78, 5) is 0. The predicted molar refractivity (Wildman–Crippen MR) is 201 cm³/mol. The highest BCUT2D eigenvalue weighted by Gasteiger charge is 2.23. The fourth-order valence-electron chi connectivity index (χ4n) is 7.58. The summed E-state index contributed by atoms with van der Waals surface area (Å²) < 4.78 is 4.51. The molecule has 0 fully saturated rings. The number of allylic oxidation sites excluding steroid dienone is 4. The molecule has 0 spiro atoms. The molecule has 0 saturated heterocycles. The van der Waals surface area contributed by atoms with Crippen LogP contribution in [0.2, 0.25) is 0 Å². The maximum atomic E-state index is 10.0. The van der Waals surface area contributed by atoms with E-state index in [4.69, 9.17) is 0 Å². The summed E-state index contributed by atoms with van der Waals surface area (Å²) in [6.45, 7) is 0. The lowest BCUT2D eigenvalue weighted by Crippen LogP contribution is -2.09. The van der Waals surface area contributed by atoms with Gasteiger partial charge in [0.1, 0.15) is 0 Å². The Morgan fingerprint density at radius 3 is 1.86 bits per heavy atom. The number of nitrogens with zero attached hydrogens (tertiary/aromatic N) is 5. The molecule has 5 nitrogen and oxygen atoms in total. The van der Waals surface area contributed by atoms with Gasteiger partial charge >= 0.3 is 0 Å². The first-order chi connectivity index (χ1) is 24.6. The summed E-state index contributed by atoms with van der Waals surface area (Å²) in [6, 6.07) is 52.7. The molecule has 1 unspecified atom stereocenters. The van der Waals surface area contributed by atoms with E-state index >= 15 is 0 Å². The van der Waals surface area contributed by atoms with E-state index in [9.17, 15) is 15.8 Å². The van der Waals surface area contributed by atoms with Gasteiger partial charge in [0.05, 0.1) is 57.3 Å². The largest absolute Gasteiger partial charge is 0.312 e. The molecular formula is C45H27N5. The van der Waals surface area contributed by atoms with Crippen molar-refractivity contribution < 1.29 is 0 Å². The monoisotopic (exact) mass is 637 g/mol. The Balaban J connectivity index is 1.19. The number of nitriles is 3. The molecule has 50 heavy (non-hydrogen) atoms. The minimum Gasteiger partial charge on any atom is -0.312 e. The molecule has 1 aliphatic rings. The van der Waals surface area contributed by atoms with Crippen molar-refractivity contribution in [3.63, 3.8) is 0 Å². The van der Waals surface area contributed by atoms with Crippen LogP contribution in [0.4, 0.5) is 0 Å². The lowest BCUT2D eigenvalue weighted by atomic mass is 9.89. The number of rotatable bonds is 4. The van der Waals surface area contributed by atoms with Gasteiger partial charge in [0.2, 0.25) is 0 Å². The second-order valence-electron chi connectivity index (χ2n) is 12.7. The quantitative estimate of drug-likeness (QED) is 0.193. The minimum atomic E-state index is -0.296. The van der Waals surface area contributed by atoms with Crippen LogP contribution < -0.4 is 0 Å². The number of aromatic nitrogens is 2. The number of benzene rings is 6. The third kappa shape index (κ3) is 4.52. The van der Waals surface area contributed by atoms with E-state index in [0.717, 1.165) is 55.5 Å². The fourth-order valence-corrected chi connectivity index (χ4v) is 7.58. The molecule has 2 aromatic heterocycles. The summed E-state index contributed by atoms with van der Waals surface area (Å²) in [7, 11) is 0. The SMILES string of the molecule is N#Cc1ccc2c(c1)c1ccc(C#N)cc1n2C1=C(c2cccc(-c3ccc(-n4c5ccccc5c5ccccc54)cc3)c2)C=CC(C#N)C1. The van der Waals surface area contributed by atoms with Gasteiger partial charge in [-0.25, -0.2) is 0 Å². The standard InChI is InChI=1S/C45H27N5/c46-26-29-14-21-43-40(22-29)39-20-13-31(28-48)24-45(39)50(43)44-23-30(27-47)12-19-36(44)34-7-5-6-33(25-34)32-15-17-35(18-16-32)49-41-10-3-1-8-37(41)38-9-2-4-11-42(38)49/h1-22,24-25,30H,23H2. The van der Waals surface area contributed by atoms with E-state index in [1.165, 1.54) is 21.8 Å². The van der Waals surface area contributed by atoms with Gasteiger partial charge in [-0.15, -0.1) is 0 Å². The van der Waals surface area contributed by atoms with Crippen LogP contribution in [0.25, 0.3) is 71.7 Å². The molecule has 0 radical (unpaired) electrons. The molecule has 0 amide bonds. The molecule has 2 heterocycles. The maximum Gasteiger partial charge on any atom is 0.0992 e. The second kappa shape index (κ2) is 11.5. The predicted octanol–water partition coefficient (Wildman–Crippen LogP) is 10.8. The Kier molecular flexibility index (Phi) is 6.70. The Hall–Kier alpha value is -7.13. The third-order valence-corrected chi connectivity index (χ3v) is 9.89. The zero-order valence-corrected chi connectivity index (χ0v) is 26.9. The Labute approximate surface area is 288 Å². The third-order valence-electron chi connectivity index (χ3n) is 9.89. The van der Waals surface area contributed by atoms with E-state index < -0.39 is 0 Å². The first kappa shape index (κ1) is 29.0. The van der Waals surface area contributed by atoms with Gasteiger partial charge in [0.25, 0.3) is 0 Å². The number of hydrogen-bond acceptors (Lipinski definition) is 3.